The highest BCUT2D eigenvalue weighted by atomic mass is 16.3. The zero-order valence-electron chi connectivity index (χ0n) is 10.2. The minimum atomic E-state index is -0.532. The van der Waals surface area contributed by atoms with E-state index >= 15 is 0 Å². The van der Waals surface area contributed by atoms with Gasteiger partial charge in [-0.1, -0.05) is 0 Å². The Balaban J connectivity index is 1.90. The highest BCUT2D eigenvalue weighted by Gasteiger charge is 2.33. The van der Waals surface area contributed by atoms with E-state index in [2.05, 4.69) is 10.3 Å². The number of benzene rings is 1. The van der Waals surface area contributed by atoms with Crippen LogP contribution >= 0.6 is 0 Å². The average Bonchev–Trinajstić information content (AvgIpc) is 2.36. The second-order valence-electron chi connectivity index (χ2n) is 5.06. The molecular weight excluding hydrogens is 226 g/mol. The number of pyridine rings is 1. The maximum absolute atomic E-state index is 10.1. The van der Waals surface area contributed by atoms with Gasteiger partial charge in [0.05, 0.1) is 5.60 Å². The topological polar surface area (TPSA) is 71.2 Å². The Hall–Kier alpha value is -1.81. The van der Waals surface area contributed by atoms with E-state index in [1.54, 1.807) is 12.4 Å². The van der Waals surface area contributed by atoms with Crippen molar-refractivity contribution in [1.29, 1.82) is 0 Å². The van der Waals surface area contributed by atoms with Gasteiger partial charge in [-0.3, -0.25) is 4.98 Å². The Morgan fingerprint density at radius 2 is 2.11 bits per heavy atom. The highest BCUT2D eigenvalue weighted by Crippen LogP contribution is 2.33. The molecule has 3 rings (SSSR count). The summed E-state index contributed by atoms with van der Waals surface area (Å²) in [5.41, 5.74) is 7.14. The lowest BCUT2D eigenvalue weighted by atomic mass is 9.80. The van der Waals surface area contributed by atoms with Gasteiger partial charge in [-0.15, -0.1) is 0 Å². The van der Waals surface area contributed by atoms with Crippen molar-refractivity contribution in [2.75, 3.05) is 17.6 Å². The van der Waals surface area contributed by atoms with E-state index in [9.17, 15) is 5.11 Å². The molecule has 18 heavy (non-hydrogen) atoms. The number of fused-ring (bicyclic) bond motifs is 1. The monoisotopic (exact) mass is 243 g/mol. The van der Waals surface area contributed by atoms with Gasteiger partial charge >= 0.3 is 0 Å². The van der Waals surface area contributed by atoms with Crippen LogP contribution in [0.2, 0.25) is 0 Å². The summed E-state index contributed by atoms with van der Waals surface area (Å²) in [4.78, 5) is 4.14. The van der Waals surface area contributed by atoms with Crippen molar-refractivity contribution in [3.05, 3.63) is 30.6 Å². The molecule has 94 valence electrons. The lowest BCUT2D eigenvalue weighted by Gasteiger charge is -2.37. The van der Waals surface area contributed by atoms with Crippen LogP contribution in [0.15, 0.2) is 30.6 Å². The largest absolute Gasteiger partial charge is 0.398 e. The van der Waals surface area contributed by atoms with Gasteiger partial charge in [0.25, 0.3) is 0 Å². The van der Waals surface area contributed by atoms with Gasteiger partial charge in [-0.25, -0.2) is 0 Å². The van der Waals surface area contributed by atoms with Crippen molar-refractivity contribution in [3.63, 3.8) is 0 Å². The fourth-order valence-corrected chi connectivity index (χ4v) is 2.39. The molecule has 1 aromatic carbocycles. The molecule has 0 atom stereocenters. The van der Waals surface area contributed by atoms with Crippen LogP contribution in [0.5, 0.6) is 0 Å². The van der Waals surface area contributed by atoms with Crippen LogP contribution in [0.1, 0.15) is 19.3 Å². The number of hydrogen-bond donors (Lipinski definition) is 3. The second kappa shape index (κ2) is 4.14. The number of aromatic nitrogens is 1. The zero-order valence-corrected chi connectivity index (χ0v) is 10.2. The first-order chi connectivity index (χ1) is 8.68. The van der Waals surface area contributed by atoms with Crippen LogP contribution in [0.3, 0.4) is 0 Å². The maximum atomic E-state index is 10.1. The van der Waals surface area contributed by atoms with Crippen molar-refractivity contribution in [1.82, 2.24) is 4.98 Å². The summed E-state index contributed by atoms with van der Waals surface area (Å²) in [6, 6.07) is 5.74. The second-order valence-corrected chi connectivity index (χ2v) is 5.06. The summed E-state index contributed by atoms with van der Waals surface area (Å²) in [6.45, 7) is 0.584. The summed E-state index contributed by atoms with van der Waals surface area (Å²) in [5, 5.41) is 15.4. The molecule has 1 saturated carbocycles. The molecule has 1 aliphatic carbocycles. The van der Waals surface area contributed by atoms with Gasteiger partial charge in [-0.05, 0) is 37.5 Å². The summed E-state index contributed by atoms with van der Waals surface area (Å²) >= 11 is 0. The number of nitrogens with one attached hydrogen (secondary N) is 1. The standard InChI is InChI=1S/C14H17N3O/c15-12-2-3-13(11-8-16-7-4-10(11)12)17-9-14(18)5-1-6-14/h2-4,7-8,17-18H,1,5-6,9,15H2. The number of aliphatic hydroxyl groups is 1. The Morgan fingerprint density at radius 1 is 1.28 bits per heavy atom. The Kier molecular flexibility index (Phi) is 2.59. The minimum Gasteiger partial charge on any atom is -0.398 e. The Labute approximate surface area is 106 Å². The quantitative estimate of drug-likeness (QED) is 0.722. The molecular formula is C14H17N3O. The zero-order chi connectivity index (χ0) is 12.6. The SMILES string of the molecule is Nc1ccc(NCC2(O)CCC2)c2cnccc12. The highest BCUT2D eigenvalue weighted by molar-refractivity contribution is 6.00. The summed E-state index contributed by atoms with van der Waals surface area (Å²) in [7, 11) is 0. The smallest absolute Gasteiger partial charge is 0.0819 e. The molecule has 0 radical (unpaired) electrons. The third kappa shape index (κ3) is 1.88. The van der Waals surface area contributed by atoms with Crippen LogP contribution in [-0.2, 0) is 0 Å². The Bertz CT molecular complexity index is 578. The predicted molar refractivity (Wildman–Crippen MR) is 73.4 cm³/mol. The number of nitrogens with zero attached hydrogens (tertiary/aromatic N) is 1. The van der Waals surface area contributed by atoms with Crippen molar-refractivity contribution in [3.8, 4) is 0 Å². The van der Waals surface area contributed by atoms with Gasteiger partial charge in [0.1, 0.15) is 0 Å². The molecule has 0 aliphatic heterocycles. The number of anilines is 2. The summed E-state index contributed by atoms with van der Waals surface area (Å²) < 4.78 is 0. The van der Waals surface area contributed by atoms with Crippen molar-refractivity contribution in [2.24, 2.45) is 0 Å². The normalized spacial score (nSPS) is 17.4. The molecule has 4 N–H and O–H groups in total. The van der Waals surface area contributed by atoms with E-state index < -0.39 is 5.60 Å². The molecule has 1 aromatic heterocycles. The molecule has 4 heteroatoms. The molecule has 0 spiro atoms. The van der Waals surface area contributed by atoms with Crippen LogP contribution in [-0.4, -0.2) is 22.2 Å². The number of hydrogen-bond acceptors (Lipinski definition) is 4. The summed E-state index contributed by atoms with van der Waals surface area (Å²) in [5.74, 6) is 0. The van der Waals surface area contributed by atoms with Crippen molar-refractivity contribution < 1.29 is 5.11 Å². The van der Waals surface area contributed by atoms with E-state index in [0.29, 0.717) is 6.54 Å². The predicted octanol–water partition coefficient (Wildman–Crippen LogP) is 2.14. The average molecular weight is 243 g/mol. The molecule has 1 aliphatic rings. The molecule has 0 unspecified atom stereocenters. The summed E-state index contributed by atoms with van der Waals surface area (Å²) in [6.07, 6.45) is 6.42. The lowest BCUT2D eigenvalue weighted by Crippen LogP contribution is -2.43. The van der Waals surface area contributed by atoms with Crippen LogP contribution in [0.4, 0.5) is 11.4 Å². The molecule has 1 heterocycles. The fourth-order valence-electron chi connectivity index (χ4n) is 2.39. The van der Waals surface area contributed by atoms with E-state index in [1.807, 2.05) is 18.2 Å². The van der Waals surface area contributed by atoms with E-state index in [1.165, 1.54) is 0 Å². The van der Waals surface area contributed by atoms with E-state index in [0.717, 1.165) is 41.4 Å². The van der Waals surface area contributed by atoms with Gasteiger partial charge < -0.3 is 16.2 Å². The lowest BCUT2D eigenvalue weighted by molar-refractivity contribution is -0.0201. The molecule has 0 amide bonds. The van der Waals surface area contributed by atoms with Crippen molar-refractivity contribution >= 4 is 22.1 Å². The van der Waals surface area contributed by atoms with Gasteiger partial charge in [0.15, 0.2) is 0 Å². The first-order valence-corrected chi connectivity index (χ1v) is 6.26. The van der Waals surface area contributed by atoms with Crippen molar-refractivity contribution in [2.45, 2.75) is 24.9 Å². The van der Waals surface area contributed by atoms with E-state index in [-0.39, 0.29) is 0 Å². The third-order valence-corrected chi connectivity index (χ3v) is 3.74. The molecule has 2 aromatic rings. The third-order valence-electron chi connectivity index (χ3n) is 3.74. The number of nitrogens with two attached hydrogens (primary N) is 1. The molecule has 0 saturated heterocycles. The van der Waals surface area contributed by atoms with Gasteiger partial charge in [0.2, 0.25) is 0 Å². The van der Waals surface area contributed by atoms with Gasteiger partial charge in [0, 0.05) is 41.1 Å². The number of nitrogen functional groups attached to an aromatic ring is 1. The minimum absolute atomic E-state index is 0.532. The first kappa shape index (κ1) is 11.3. The van der Waals surface area contributed by atoms with Crippen LogP contribution in [0, 0.1) is 0 Å². The fraction of sp³-hybridized carbons (Fsp3) is 0.357. The Morgan fingerprint density at radius 3 is 2.83 bits per heavy atom. The van der Waals surface area contributed by atoms with Crippen LogP contribution in [0.25, 0.3) is 10.8 Å². The van der Waals surface area contributed by atoms with Crippen LogP contribution < -0.4 is 11.1 Å². The first-order valence-electron chi connectivity index (χ1n) is 6.26. The maximum Gasteiger partial charge on any atom is 0.0819 e. The number of rotatable bonds is 3. The molecule has 1 fully saturated rings. The van der Waals surface area contributed by atoms with Gasteiger partial charge in [-0.2, -0.15) is 0 Å². The molecule has 4 nitrogen and oxygen atoms in total. The molecule has 0 bridgehead atoms. The van der Waals surface area contributed by atoms with E-state index in [4.69, 9.17) is 5.73 Å².